The molecular formula is C35H29F7N6O3S. The fraction of sp³-hybridized carbons (Fsp3) is 0.286. The van der Waals surface area contributed by atoms with Gasteiger partial charge in [0.15, 0.2) is 16.7 Å². The lowest BCUT2D eigenvalue weighted by molar-refractivity contribution is -0.140. The van der Waals surface area contributed by atoms with Gasteiger partial charge in [-0.25, -0.2) is 14.4 Å². The summed E-state index contributed by atoms with van der Waals surface area (Å²) >= 11 is -1.27. The number of hydrogen-bond donors (Lipinski definition) is 2. The minimum absolute atomic E-state index is 0.0356. The predicted octanol–water partition coefficient (Wildman–Crippen LogP) is 6.69. The second kappa shape index (κ2) is 13.8. The first-order valence-electron chi connectivity index (χ1n) is 15.7. The highest BCUT2D eigenvalue weighted by Gasteiger charge is 2.51. The number of amides is 2. The summed E-state index contributed by atoms with van der Waals surface area (Å²) in [5, 5.41) is 11.2. The van der Waals surface area contributed by atoms with Crippen LogP contribution in [0.25, 0.3) is 11.4 Å². The smallest absolute Gasteiger partial charge is 0.417 e. The zero-order valence-corrected chi connectivity index (χ0v) is 28.1. The number of carbonyl (C=O) groups is 2. The third-order valence-electron chi connectivity index (χ3n) is 8.89. The Morgan fingerprint density at radius 1 is 1.04 bits per heavy atom. The summed E-state index contributed by atoms with van der Waals surface area (Å²) in [7, 11) is 0. The summed E-state index contributed by atoms with van der Waals surface area (Å²) in [6, 6.07) is 13.9. The molecule has 0 aliphatic carbocycles. The van der Waals surface area contributed by atoms with Crippen molar-refractivity contribution in [2.24, 2.45) is 0 Å². The molecule has 9 nitrogen and oxygen atoms in total. The minimum atomic E-state index is -4.94. The predicted molar refractivity (Wildman–Crippen MR) is 174 cm³/mol. The van der Waals surface area contributed by atoms with E-state index in [9.17, 15) is 44.9 Å². The number of hydrogen-bond acceptors (Lipinski definition) is 6. The number of fused-ring (bicyclic) bond motifs is 1. The van der Waals surface area contributed by atoms with E-state index in [1.54, 1.807) is 24.3 Å². The zero-order valence-electron chi connectivity index (χ0n) is 27.2. The van der Waals surface area contributed by atoms with Crippen LogP contribution in [0.2, 0.25) is 0 Å². The first kappa shape index (κ1) is 36.8. The van der Waals surface area contributed by atoms with Gasteiger partial charge < -0.3 is 14.8 Å². The molecule has 1 aromatic heterocycles. The van der Waals surface area contributed by atoms with Crippen molar-refractivity contribution >= 4 is 28.9 Å². The van der Waals surface area contributed by atoms with E-state index >= 15 is 0 Å². The molecule has 1 saturated heterocycles. The summed E-state index contributed by atoms with van der Waals surface area (Å²) in [6.07, 6.45) is -8.65. The van der Waals surface area contributed by atoms with Gasteiger partial charge in [0.2, 0.25) is 0 Å². The summed E-state index contributed by atoms with van der Waals surface area (Å²) in [5.74, 6) is -2.76. The van der Waals surface area contributed by atoms with Crippen molar-refractivity contribution in [2.75, 3.05) is 6.26 Å². The summed E-state index contributed by atoms with van der Waals surface area (Å²) in [6.45, 7) is -0.726. The largest absolute Gasteiger partial charge is 0.612 e. The molecule has 2 atom stereocenters. The number of aromatic nitrogens is 2. The molecule has 2 aliphatic rings. The van der Waals surface area contributed by atoms with Crippen LogP contribution < -0.4 is 5.32 Å². The number of halogens is 7. The van der Waals surface area contributed by atoms with Gasteiger partial charge in [-0.1, -0.05) is 30.3 Å². The Kier molecular flexibility index (Phi) is 9.78. The lowest BCUT2D eigenvalue weighted by atomic mass is 9.84. The van der Waals surface area contributed by atoms with Gasteiger partial charge in [-0.3, -0.25) is 19.9 Å². The maximum atomic E-state index is 14.2. The summed E-state index contributed by atoms with van der Waals surface area (Å²) < 4.78 is 108. The molecule has 17 heteroatoms. The van der Waals surface area contributed by atoms with Crippen LogP contribution in [0.5, 0.6) is 0 Å². The van der Waals surface area contributed by atoms with Crippen molar-refractivity contribution in [3.05, 3.63) is 112 Å². The number of nitrogens with zero attached hydrogens (tertiary/aromatic N) is 4. The van der Waals surface area contributed by atoms with Crippen LogP contribution >= 0.6 is 0 Å². The highest BCUT2D eigenvalue weighted by Crippen LogP contribution is 2.38. The Labute approximate surface area is 295 Å². The van der Waals surface area contributed by atoms with Gasteiger partial charge in [-0.2, -0.15) is 26.3 Å². The van der Waals surface area contributed by atoms with E-state index in [1.165, 1.54) is 29.5 Å². The van der Waals surface area contributed by atoms with Gasteiger partial charge in [0.1, 0.15) is 17.6 Å². The van der Waals surface area contributed by atoms with Gasteiger partial charge >= 0.3 is 12.4 Å². The molecule has 2 N–H and O–H groups in total. The first-order valence-corrected chi connectivity index (χ1v) is 17.3. The van der Waals surface area contributed by atoms with Crippen LogP contribution in [0, 0.1) is 11.2 Å². The normalized spacial score (nSPS) is 18.1. The molecule has 3 heterocycles. The van der Waals surface area contributed by atoms with E-state index < -0.39 is 89.6 Å². The lowest BCUT2D eigenvalue weighted by Crippen LogP contribution is -2.44. The highest BCUT2D eigenvalue weighted by molar-refractivity contribution is 7.90. The molecule has 2 aliphatic heterocycles. The maximum absolute atomic E-state index is 14.2. The molecule has 2 amide bonds. The quantitative estimate of drug-likeness (QED) is 0.145. The Balaban J connectivity index is 1.27. The summed E-state index contributed by atoms with van der Waals surface area (Å²) in [4.78, 5) is 39.1. The molecule has 272 valence electrons. The van der Waals surface area contributed by atoms with E-state index in [2.05, 4.69) is 15.3 Å². The molecule has 0 bridgehead atoms. The maximum Gasteiger partial charge on any atom is 0.417 e. The van der Waals surface area contributed by atoms with Crippen LogP contribution in [0.1, 0.15) is 57.6 Å². The van der Waals surface area contributed by atoms with Crippen LogP contribution in [0.3, 0.4) is 0 Å². The Bertz CT molecular complexity index is 2040. The van der Waals surface area contributed by atoms with Gasteiger partial charge in [0.05, 0.1) is 29.9 Å². The molecule has 0 saturated carbocycles. The van der Waals surface area contributed by atoms with Crippen molar-refractivity contribution in [3.8, 4) is 11.4 Å². The van der Waals surface area contributed by atoms with E-state index in [0.29, 0.717) is 27.8 Å². The van der Waals surface area contributed by atoms with Crippen LogP contribution in [-0.4, -0.2) is 54.5 Å². The third kappa shape index (κ3) is 7.46. The molecule has 0 spiro atoms. The molecular weight excluding hydrogens is 717 g/mol. The molecule has 4 aromatic rings. The van der Waals surface area contributed by atoms with Gasteiger partial charge in [-0.05, 0) is 65.5 Å². The van der Waals surface area contributed by atoms with E-state index in [0.717, 1.165) is 29.2 Å². The van der Waals surface area contributed by atoms with Crippen LogP contribution in [0.4, 0.5) is 30.7 Å². The fourth-order valence-corrected chi connectivity index (χ4v) is 6.88. The number of nitrogens with one attached hydrogen (secondary N) is 2. The second-order valence-electron chi connectivity index (χ2n) is 12.4. The standard InChI is InChI=1S/C35H29F7N6O3S/c1-52(51)25-5-2-4-21(15-25)29-44-16-22-18-47(19-28(22)45-29)30(49)26-14-20(6-11-27(26)35(40,41)42)17-48-31(50)33(46-32(48)43,12-3-13-34(37,38)39)23-7-9-24(36)10-8-23/h2,4-11,14-16H,3,12-13,17-19H2,1H3,(H2,43,46)/t33-,52?/m1/s1. The summed E-state index contributed by atoms with van der Waals surface area (Å²) in [5.41, 5.74) is -2.20. The molecule has 1 unspecified atom stereocenters. The molecule has 1 fully saturated rings. The minimum Gasteiger partial charge on any atom is -0.612 e. The molecule has 6 rings (SSSR count). The molecule has 0 radical (unpaired) electrons. The highest BCUT2D eigenvalue weighted by atomic mass is 32.2. The van der Waals surface area contributed by atoms with Crippen molar-refractivity contribution < 1.29 is 44.9 Å². The monoisotopic (exact) mass is 746 g/mol. The van der Waals surface area contributed by atoms with Gasteiger partial charge in [-0.15, -0.1) is 0 Å². The van der Waals surface area contributed by atoms with Crippen molar-refractivity contribution in [1.29, 1.82) is 5.41 Å². The Hall–Kier alpha value is -5.03. The Morgan fingerprint density at radius 3 is 2.44 bits per heavy atom. The van der Waals surface area contributed by atoms with Crippen molar-refractivity contribution in [1.82, 2.24) is 25.1 Å². The van der Waals surface area contributed by atoms with Crippen LogP contribution in [0.15, 0.2) is 77.8 Å². The first-order chi connectivity index (χ1) is 24.4. The van der Waals surface area contributed by atoms with E-state index in [1.807, 2.05) is 0 Å². The number of alkyl halides is 6. The molecule has 3 aromatic carbocycles. The average molecular weight is 747 g/mol. The lowest BCUT2D eigenvalue weighted by Gasteiger charge is -2.28. The molecule has 52 heavy (non-hydrogen) atoms. The van der Waals surface area contributed by atoms with Gasteiger partial charge in [0.25, 0.3) is 11.8 Å². The number of carbonyl (C=O) groups excluding carboxylic acids is 2. The van der Waals surface area contributed by atoms with E-state index in [4.69, 9.17) is 5.41 Å². The van der Waals surface area contributed by atoms with Crippen LogP contribution in [-0.2, 0) is 47.3 Å². The average Bonchev–Trinajstić information content (AvgIpc) is 3.62. The number of rotatable bonds is 9. The SMILES string of the molecule is C[S+]([O-])c1cccc(-c2ncc3c(n2)CN(C(=O)c2cc(CN4C(=N)N[C@](CCCC(F)(F)F)(c5ccc(F)cc5)C4=O)ccc2C(F)(F)F)C3)c1. The third-order valence-corrected chi connectivity index (χ3v) is 9.81. The number of guanidine groups is 1. The second-order valence-corrected chi connectivity index (χ2v) is 13.8. The fourth-order valence-electron chi connectivity index (χ4n) is 6.32. The Morgan fingerprint density at radius 2 is 1.77 bits per heavy atom. The van der Waals surface area contributed by atoms with E-state index in [-0.39, 0.29) is 30.0 Å². The topological polar surface area (TPSA) is 125 Å². The van der Waals surface area contributed by atoms with Gasteiger partial charge in [0, 0.05) is 36.4 Å². The van der Waals surface area contributed by atoms with Crippen molar-refractivity contribution in [3.63, 3.8) is 0 Å². The van der Waals surface area contributed by atoms with Crippen molar-refractivity contribution in [2.45, 2.75) is 61.7 Å². The zero-order chi connectivity index (χ0) is 37.6. The number of benzene rings is 3.